The van der Waals surface area contributed by atoms with Gasteiger partial charge in [-0.3, -0.25) is 4.79 Å². The third-order valence-electron chi connectivity index (χ3n) is 4.69. The van der Waals surface area contributed by atoms with E-state index in [1.807, 2.05) is 6.92 Å². The van der Waals surface area contributed by atoms with Crippen molar-refractivity contribution in [2.24, 2.45) is 0 Å². The Morgan fingerprint density at radius 1 is 1.12 bits per heavy atom. The van der Waals surface area contributed by atoms with E-state index in [0.717, 1.165) is 48.4 Å². The molecule has 136 valence electrons. The summed E-state index contributed by atoms with van der Waals surface area (Å²) in [6.45, 7) is 16.7. The maximum absolute atomic E-state index is 11.4. The molecular formula is C20H30N2O2Si. The molecule has 1 aromatic rings. The summed E-state index contributed by atoms with van der Waals surface area (Å²) in [5.41, 5.74) is 9.91. The van der Waals surface area contributed by atoms with Crippen LogP contribution in [-0.4, -0.2) is 45.3 Å². The number of carboxylic acids is 1. The zero-order valence-corrected chi connectivity index (χ0v) is 17.3. The molecule has 0 bridgehead atoms. The molecule has 5 heteroatoms. The maximum Gasteiger partial charge on any atom is 0.307 e. The van der Waals surface area contributed by atoms with Gasteiger partial charge < -0.3 is 15.3 Å². The highest BCUT2D eigenvalue weighted by Crippen LogP contribution is 2.34. The normalized spacial score (nSPS) is 14.9. The fourth-order valence-electron chi connectivity index (χ4n) is 3.47. The Balaban J connectivity index is 2.68. The van der Waals surface area contributed by atoms with Crippen molar-refractivity contribution < 1.29 is 9.90 Å². The first-order valence-corrected chi connectivity index (χ1v) is 12.4. The minimum Gasteiger partial charge on any atom is -0.481 e. The lowest BCUT2D eigenvalue weighted by molar-refractivity contribution is -0.136. The standard InChI is InChI=1S/C20H30N2O2Si/c1-14-17(7-12-25(4,5)6)15(2)20(22-10-8-21-9-11-22)16(3)18(14)13-19(23)24/h21H,8-11,13H2,1-6H3,(H,23,24). The summed E-state index contributed by atoms with van der Waals surface area (Å²) in [7, 11) is -1.51. The second-order valence-electron chi connectivity index (χ2n) is 7.88. The van der Waals surface area contributed by atoms with Crippen LogP contribution in [0.1, 0.15) is 27.8 Å². The van der Waals surface area contributed by atoms with E-state index < -0.39 is 14.0 Å². The van der Waals surface area contributed by atoms with E-state index in [1.165, 1.54) is 11.3 Å². The van der Waals surface area contributed by atoms with Crippen molar-refractivity contribution in [3.8, 4) is 11.5 Å². The number of carboxylic acid groups (broad SMARTS) is 1. The highest BCUT2D eigenvalue weighted by Gasteiger charge is 2.23. The molecule has 25 heavy (non-hydrogen) atoms. The molecule has 2 N–H and O–H groups in total. The highest BCUT2D eigenvalue weighted by atomic mass is 28.3. The number of nitrogens with one attached hydrogen (secondary N) is 1. The smallest absolute Gasteiger partial charge is 0.307 e. The lowest BCUT2D eigenvalue weighted by atomic mass is 9.89. The summed E-state index contributed by atoms with van der Waals surface area (Å²) in [5.74, 6) is 2.63. The zero-order valence-electron chi connectivity index (χ0n) is 16.3. The van der Waals surface area contributed by atoms with Gasteiger partial charge in [-0.1, -0.05) is 25.6 Å². The van der Waals surface area contributed by atoms with Crippen LogP contribution in [0, 0.1) is 32.2 Å². The van der Waals surface area contributed by atoms with E-state index in [2.05, 4.69) is 55.2 Å². The second-order valence-corrected chi connectivity index (χ2v) is 12.6. The molecule has 1 heterocycles. The number of rotatable bonds is 3. The molecule has 0 unspecified atom stereocenters. The highest BCUT2D eigenvalue weighted by molar-refractivity contribution is 6.83. The van der Waals surface area contributed by atoms with E-state index in [9.17, 15) is 9.90 Å². The summed E-state index contributed by atoms with van der Waals surface area (Å²) in [6.07, 6.45) is 0.0542. The Morgan fingerprint density at radius 2 is 1.72 bits per heavy atom. The van der Waals surface area contributed by atoms with Gasteiger partial charge in [-0.2, -0.15) is 0 Å². The molecule has 0 aromatic heterocycles. The van der Waals surface area contributed by atoms with Crippen LogP contribution in [0.15, 0.2) is 0 Å². The molecule has 1 aromatic carbocycles. The van der Waals surface area contributed by atoms with Crippen LogP contribution >= 0.6 is 0 Å². The number of anilines is 1. The van der Waals surface area contributed by atoms with E-state index in [1.54, 1.807) is 0 Å². The molecule has 4 nitrogen and oxygen atoms in total. The molecule has 1 saturated heterocycles. The summed E-state index contributed by atoms with van der Waals surface area (Å²) in [6, 6.07) is 0. The Morgan fingerprint density at radius 3 is 2.24 bits per heavy atom. The number of carbonyl (C=O) groups is 1. The molecular weight excluding hydrogens is 328 g/mol. The van der Waals surface area contributed by atoms with Crippen LogP contribution in [0.5, 0.6) is 0 Å². The monoisotopic (exact) mass is 358 g/mol. The molecule has 0 spiro atoms. The predicted octanol–water partition coefficient (Wildman–Crippen LogP) is 2.88. The first-order valence-electron chi connectivity index (χ1n) is 8.95. The van der Waals surface area contributed by atoms with Crippen LogP contribution in [0.3, 0.4) is 0 Å². The second kappa shape index (κ2) is 7.63. The first kappa shape index (κ1) is 19.6. The van der Waals surface area contributed by atoms with Crippen molar-refractivity contribution in [3.63, 3.8) is 0 Å². The minimum absolute atomic E-state index is 0.0542. The van der Waals surface area contributed by atoms with Crippen LogP contribution in [-0.2, 0) is 11.2 Å². The minimum atomic E-state index is -1.51. The van der Waals surface area contributed by atoms with Crippen LogP contribution in [0.25, 0.3) is 0 Å². The van der Waals surface area contributed by atoms with Gasteiger partial charge in [-0.15, -0.1) is 5.54 Å². The van der Waals surface area contributed by atoms with Crippen molar-refractivity contribution in [3.05, 3.63) is 27.8 Å². The van der Waals surface area contributed by atoms with Gasteiger partial charge in [-0.05, 0) is 43.0 Å². The molecule has 0 atom stereocenters. The fourth-order valence-corrected chi connectivity index (χ4v) is 3.97. The van der Waals surface area contributed by atoms with Gasteiger partial charge in [0.05, 0.1) is 6.42 Å². The molecule has 1 aliphatic rings. The van der Waals surface area contributed by atoms with Crippen molar-refractivity contribution in [1.82, 2.24) is 5.32 Å². The van der Waals surface area contributed by atoms with Crippen LogP contribution in [0.2, 0.25) is 19.6 Å². The third kappa shape index (κ3) is 4.65. The fraction of sp³-hybridized carbons (Fsp3) is 0.550. The number of piperazine rings is 1. The van der Waals surface area contributed by atoms with E-state index >= 15 is 0 Å². The SMILES string of the molecule is Cc1c(C#C[Si](C)(C)C)c(C)c(N2CCNCC2)c(C)c1CC(=O)O. The van der Waals surface area contributed by atoms with Crippen LogP contribution < -0.4 is 10.2 Å². The maximum atomic E-state index is 11.4. The number of benzene rings is 1. The van der Waals surface area contributed by atoms with Gasteiger partial charge in [-0.25, -0.2) is 0 Å². The number of hydrogen-bond donors (Lipinski definition) is 2. The Hall–Kier alpha value is -1.77. The first-order chi connectivity index (χ1) is 11.6. The Bertz CT molecular complexity index is 733. The third-order valence-corrected chi connectivity index (χ3v) is 5.56. The summed E-state index contributed by atoms with van der Waals surface area (Å²) in [4.78, 5) is 13.8. The molecule has 1 fully saturated rings. The van der Waals surface area contributed by atoms with Crippen molar-refractivity contribution in [1.29, 1.82) is 0 Å². The quantitative estimate of drug-likeness (QED) is 0.644. The molecule has 0 radical (unpaired) electrons. The average molecular weight is 359 g/mol. The predicted molar refractivity (Wildman–Crippen MR) is 107 cm³/mol. The molecule has 1 aliphatic heterocycles. The van der Waals surface area contributed by atoms with E-state index in [0.29, 0.717) is 0 Å². The molecule has 0 amide bonds. The molecule has 0 saturated carbocycles. The van der Waals surface area contributed by atoms with Crippen LogP contribution in [0.4, 0.5) is 5.69 Å². The van der Waals surface area contributed by atoms with Gasteiger partial charge in [0.2, 0.25) is 0 Å². The number of aliphatic carboxylic acids is 1. The number of nitrogens with zero attached hydrogens (tertiary/aromatic N) is 1. The van der Waals surface area contributed by atoms with E-state index in [-0.39, 0.29) is 6.42 Å². The zero-order chi connectivity index (χ0) is 18.8. The lowest BCUT2D eigenvalue weighted by Gasteiger charge is -2.34. The lowest BCUT2D eigenvalue weighted by Crippen LogP contribution is -2.44. The average Bonchev–Trinajstić information content (AvgIpc) is 2.51. The Kier molecular flexibility index (Phi) is 5.97. The summed E-state index contributed by atoms with van der Waals surface area (Å²) < 4.78 is 0. The molecule has 2 rings (SSSR count). The summed E-state index contributed by atoms with van der Waals surface area (Å²) >= 11 is 0. The molecule has 0 aliphatic carbocycles. The van der Waals surface area contributed by atoms with Gasteiger partial charge in [0.1, 0.15) is 8.07 Å². The topological polar surface area (TPSA) is 52.6 Å². The van der Waals surface area contributed by atoms with Gasteiger partial charge in [0, 0.05) is 37.4 Å². The van der Waals surface area contributed by atoms with Gasteiger partial charge >= 0.3 is 5.97 Å². The van der Waals surface area contributed by atoms with Gasteiger partial charge in [0.25, 0.3) is 0 Å². The van der Waals surface area contributed by atoms with Crippen molar-refractivity contribution >= 4 is 19.7 Å². The summed E-state index contributed by atoms with van der Waals surface area (Å²) in [5, 5.41) is 12.8. The van der Waals surface area contributed by atoms with Gasteiger partial charge in [0.15, 0.2) is 0 Å². The van der Waals surface area contributed by atoms with E-state index in [4.69, 9.17) is 0 Å². The van der Waals surface area contributed by atoms with Crippen molar-refractivity contribution in [2.75, 3.05) is 31.1 Å². The Labute approximate surface area is 152 Å². The largest absolute Gasteiger partial charge is 0.481 e. The number of hydrogen-bond acceptors (Lipinski definition) is 3. The van der Waals surface area contributed by atoms with Crippen molar-refractivity contribution in [2.45, 2.75) is 46.8 Å².